The van der Waals surface area contributed by atoms with Crippen molar-refractivity contribution in [3.05, 3.63) is 16.1 Å². The van der Waals surface area contributed by atoms with Gasteiger partial charge in [0.2, 0.25) is 5.91 Å². The molecule has 1 aromatic heterocycles. The molecule has 1 rings (SSSR count). The van der Waals surface area contributed by atoms with E-state index in [4.69, 9.17) is 4.74 Å². The standard InChI is InChI=1S/C18H33N5O2S.HI/c1-8-19-17(21-10-9-20-16(24)18(3,4)5)23(6)11-14-12-26-15(22-14)13(2)25-7;/h12-13H,8-11H2,1-7H3,(H,19,21)(H,20,24);1H. The van der Waals surface area contributed by atoms with Gasteiger partial charge in [-0.3, -0.25) is 9.79 Å². The summed E-state index contributed by atoms with van der Waals surface area (Å²) in [6.45, 7) is 12.2. The molecule has 0 aliphatic heterocycles. The molecule has 0 aliphatic carbocycles. The van der Waals surface area contributed by atoms with E-state index in [9.17, 15) is 4.79 Å². The van der Waals surface area contributed by atoms with Crippen molar-refractivity contribution in [2.24, 2.45) is 10.4 Å². The first kappa shape index (κ1) is 26.1. The maximum absolute atomic E-state index is 11.9. The number of methoxy groups -OCH3 is 1. The van der Waals surface area contributed by atoms with Crippen LogP contribution in [-0.2, 0) is 16.1 Å². The molecule has 1 amide bonds. The van der Waals surface area contributed by atoms with E-state index in [-0.39, 0.29) is 41.4 Å². The minimum Gasteiger partial charge on any atom is -0.375 e. The zero-order chi connectivity index (χ0) is 19.7. The van der Waals surface area contributed by atoms with Crippen LogP contribution >= 0.6 is 35.3 Å². The minimum absolute atomic E-state index is 0. The van der Waals surface area contributed by atoms with Crippen LogP contribution in [0.4, 0.5) is 0 Å². The average Bonchev–Trinajstić information content (AvgIpc) is 3.04. The number of carbonyl (C=O) groups is 1. The summed E-state index contributed by atoms with van der Waals surface area (Å²) in [6.07, 6.45) is 0.00684. The Morgan fingerprint density at radius 2 is 2.07 bits per heavy atom. The first-order valence-corrected chi connectivity index (χ1v) is 9.81. The summed E-state index contributed by atoms with van der Waals surface area (Å²) >= 11 is 1.61. The van der Waals surface area contributed by atoms with Crippen LogP contribution in [0.5, 0.6) is 0 Å². The molecule has 0 radical (unpaired) electrons. The molecule has 7 nitrogen and oxygen atoms in total. The van der Waals surface area contributed by atoms with Gasteiger partial charge in [0.25, 0.3) is 0 Å². The van der Waals surface area contributed by atoms with E-state index in [1.54, 1.807) is 18.4 Å². The van der Waals surface area contributed by atoms with Gasteiger partial charge in [0.15, 0.2) is 5.96 Å². The van der Waals surface area contributed by atoms with Crippen molar-refractivity contribution in [1.29, 1.82) is 0 Å². The SMILES string of the molecule is CCNC(=NCCNC(=O)C(C)(C)C)N(C)Cc1csc(C(C)OC)n1.I. The zero-order valence-corrected chi connectivity index (χ0v) is 20.6. The topological polar surface area (TPSA) is 78.9 Å². The van der Waals surface area contributed by atoms with Gasteiger partial charge in [-0.05, 0) is 13.8 Å². The number of aliphatic imine (C=N–C) groups is 1. The van der Waals surface area contributed by atoms with Crippen LogP contribution in [0.1, 0.15) is 51.4 Å². The van der Waals surface area contributed by atoms with Crippen molar-refractivity contribution >= 4 is 47.2 Å². The number of rotatable bonds is 8. The summed E-state index contributed by atoms with van der Waals surface area (Å²) in [5.74, 6) is 0.833. The fraction of sp³-hybridized carbons (Fsp3) is 0.722. The van der Waals surface area contributed by atoms with Crippen molar-refractivity contribution in [3.63, 3.8) is 0 Å². The molecule has 0 fully saturated rings. The lowest BCUT2D eigenvalue weighted by molar-refractivity contribution is -0.128. The number of amides is 1. The van der Waals surface area contributed by atoms with Crippen LogP contribution in [0, 0.1) is 5.41 Å². The van der Waals surface area contributed by atoms with Gasteiger partial charge in [0.05, 0.1) is 18.8 Å². The Hall–Kier alpha value is -0.940. The highest BCUT2D eigenvalue weighted by Gasteiger charge is 2.20. The molecule has 0 saturated heterocycles. The third-order valence-corrected chi connectivity index (χ3v) is 4.76. The smallest absolute Gasteiger partial charge is 0.225 e. The van der Waals surface area contributed by atoms with Crippen LogP contribution in [0.15, 0.2) is 10.4 Å². The number of aromatic nitrogens is 1. The maximum atomic E-state index is 11.9. The van der Waals surface area contributed by atoms with E-state index in [1.807, 2.05) is 46.6 Å². The maximum Gasteiger partial charge on any atom is 0.225 e. The molecule has 1 unspecified atom stereocenters. The Kier molecular flexibility index (Phi) is 12.1. The average molecular weight is 511 g/mol. The van der Waals surface area contributed by atoms with Crippen LogP contribution in [0.3, 0.4) is 0 Å². The lowest BCUT2D eigenvalue weighted by Gasteiger charge is -2.21. The Morgan fingerprint density at radius 3 is 2.63 bits per heavy atom. The van der Waals surface area contributed by atoms with Crippen molar-refractivity contribution in [1.82, 2.24) is 20.5 Å². The zero-order valence-electron chi connectivity index (χ0n) is 17.5. The first-order valence-electron chi connectivity index (χ1n) is 8.93. The number of thiazole rings is 1. The lowest BCUT2D eigenvalue weighted by atomic mass is 9.96. The van der Waals surface area contributed by atoms with Gasteiger partial charge in [-0.15, -0.1) is 35.3 Å². The predicted octanol–water partition coefficient (Wildman–Crippen LogP) is 3.03. The highest BCUT2D eigenvalue weighted by atomic mass is 127. The Balaban J connectivity index is 0.00000676. The molecule has 1 atom stereocenters. The molecule has 0 saturated carbocycles. The van der Waals surface area contributed by atoms with E-state index in [0.29, 0.717) is 19.6 Å². The molecule has 156 valence electrons. The summed E-state index contributed by atoms with van der Waals surface area (Å²) in [5.41, 5.74) is 0.607. The van der Waals surface area contributed by atoms with Crippen LogP contribution in [-0.4, -0.2) is 55.5 Å². The second-order valence-corrected chi connectivity index (χ2v) is 8.04. The molecule has 1 heterocycles. The van der Waals surface area contributed by atoms with E-state index in [1.165, 1.54) is 0 Å². The van der Waals surface area contributed by atoms with Gasteiger partial charge in [-0.25, -0.2) is 4.98 Å². The van der Waals surface area contributed by atoms with Crippen LogP contribution < -0.4 is 10.6 Å². The number of hydrogen-bond acceptors (Lipinski definition) is 5. The third-order valence-electron chi connectivity index (χ3n) is 3.71. The predicted molar refractivity (Wildman–Crippen MR) is 123 cm³/mol. The summed E-state index contributed by atoms with van der Waals surface area (Å²) < 4.78 is 5.31. The summed E-state index contributed by atoms with van der Waals surface area (Å²) in [4.78, 5) is 23.1. The number of nitrogens with one attached hydrogen (secondary N) is 2. The summed E-state index contributed by atoms with van der Waals surface area (Å²) in [6, 6.07) is 0. The fourth-order valence-corrected chi connectivity index (χ4v) is 2.91. The van der Waals surface area contributed by atoms with Gasteiger partial charge in [0, 0.05) is 38.0 Å². The monoisotopic (exact) mass is 511 g/mol. The van der Waals surface area contributed by atoms with E-state index >= 15 is 0 Å². The Bertz CT molecular complexity index is 601. The molecule has 0 spiro atoms. The van der Waals surface area contributed by atoms with Crippen LogP contribution in [0.25, 0.3) is 0 Å². The van der Waals surface area contributed by atoms with E-state index in [2.05, 4.69) is 26.0 Å². The van der Waals surface area contributed by atoms with Crippen molar-refractivity contribution in [2.75, 3.05) is 33.8 Å². The molecule has 2 N–H and O–H groups in total. The normalized spacial score (nSPS) is 12.9. The van der Waals surface area contributed by atoms with Gasteiger partial charge in [-0.1, -0.05) is 20.8 Å². The highest BCUT2D eigenvalue weighted by molar-refractivity contribution is 14.0. The quantitative estimate of drug-likeness (QED) is 0.243. The van der Waals surface area contributed by atoms with Gasteiger partial charge < -0.3 is 20.3 Å². The fourth-order valence-electron chi connectivity index (χ4n) is 2.07. The van der Waals surface area contributed by atoms with Crippen LogP contribution in [0.2, 0.25) is 0 Å². The number of hydrogen-bond donors (Lipinski definition) is 2. The molecule has 9 heteroatoms. The van der Waals surface area contributed by atoms with Gasteiger partial charge in [0.1, 0.15) is 11.1 Å². The molecule has 1 aromatic rings. The molecule has 27 heavy (non-hydrogen) atoms. The molecule has 0 bridgehead atoms. The number of ether oxygens (including phenoxy) is 1. The summed E-state index contributed by atoms with van der Waals surface area (Å²) in [7, 11) is 3.67. The van der Waals surface area contributed by atoms with Gasteiger partial charge in [-0.2, -0.15) is 0 Å². The second kappa shape index (κ2) is 12.5. The van der Waals surface area contributed by atoms with E-state index in [0.717, 1.165) is 23.2 Å². The first-order chi connectivity index (χ1) is 12.2. The second-order valence-electron chi connectivity index (χ2n) is 7.15. The van der Waals surface area contributed by atoms with Crippen molar-refractivity contribution in [2.45, 2.75) is 47.3 Å². The third kappa shape index (κ3) is 9.20. The largest absolute Gasteiger partial charge is 0.375 e. The Morgan fingerprint density at radius 1 is 1.41 bits per heavy atom. The minimum atomic E-state index is -0.382. The van der Waals surface area contributed by atoms with E-state index < -0.39 is 0 Å². The summed E-state index contributed by atoms with van der Waals surface area (Å²) in [5, 5.41) is 9.21. The molecular weight excluding hydrogens is 477 g/mol. The molecular formula is C18H34IN5O2S. The number of guanidine groups is 1. The molecule has 0 aromatic carbocycles. The number of halogens is 1. The Labute approximate surface area is 184 Å². The number of carbonyl (C=O) groups excluding carboxylic acids is 1. The van der Waals surface area contributed by atoms with Crippen molar-refractivity contribution in [3.8, 4) is 0 Å². The van der Waals surface area contributed by atoms with Crippen molar-refractivity contribution < 1.29 is 9.53 Å². The highest BCUT2D eigenvalue weighted by Crippen LogP contribution is 2.20. The number of nitrogens with zero attached hydrogens (tertiary/aromatic N) is 3. The van der Waals surface area contributed by atoms with Gasteiger partial charge >= 0.3 is 0 Å². The lowest BCUT2D eigenvalue weighted by Crippen LogP contribution is -2.40. The molecule has 0 aliphatic rings.